The molecule has 2 rings (SSSR count). The van der Waals surface area contributed by atoms with E-state index in [-0.39, 0.29) is 11.5 Å². The predicted molar refractivity (Wildman–Crippen MR) is 69.3 cm³/mol. The van der Waals surface area contributed by atoms with E-state index < -0.39 is 12.1 Å². The minimum atomic E-state index is -0.789. The summed E-state index contributed by atoms with van der Waals surface area (Å²) in [6.45, 7) is 3.25. The molecule has 0 radical (unpaired) electrons. The molecule has 1 atom stereocenters. The number of hydrogen-bond acceptors (Lipinski definition) is 6. The van der Waals surface area contributed by atoms with Crippen molar-refractivity contribution in [3.05, 3.63) is 36.5 Å². The maximum atomic E-state index is 11.9. The van der Waals surface area contributed by atoms with Crippen molar-refractivity contribution >= 4 is 11.8 Å². The SMILES string of the molecule is CCC(=O)C(C)OC(=O)c1cncc(-n2cccn2)n1. The molecule has 104 valence electrons. The van der Waals surface area contributed by atoms with E-state index in [0.717, 1.165) is 0 Å². The largest absolute Gasteiger partial charge is 0.450 e. The minimum absolute atomic E-state index is 0.0359. The molecule has 0 aliphatic carbocycles. The maximum Gasteiger partial charge on any atom is 0.359 e. The van der Waals surface area contributed by atoms with Crippen LogP contribution in [0.15, 0.2) is 30.9 Å². The summed E-state index contributed by atoms with van der Waals surface area (Å²) in [4.78, 5) is 31.3. The predicted octanol–water partition coefficient (Wildman–Crippen LogP) is 1.19. The second-order valence-electron chi connectivity index (χ2n) is 4.08. The van der Waals surface area contributed by atoms with Crippen LogP contribution in [-0.4, -0.2) is 37.6 Å². The van der Waals surface area contributed by atoms with Gasteiger partial charge in [-0.25, -0.2) is 14.5 Å². The molecular formula is C13H14N4O3. The van der Waals surface area contributed by atoms with Crippen LogP contribution < -0.4 is 0 Å². The lowest BCUT2D eigenvalue weighted by Gasteiger charge is -2.10. The van der Waals surface area contributed by atoms with Crippen molar-refractivity contribution in [2.75, 3.05) is 0 Å². The molecule has 0 bridgehead atoms. The molecule has 0 amide bonds. The van der Waals surface area contributed by atoms with Gasteiger partial charge in [-0.1, -0.05) is 6.92 Å². The van der Waals surface area contributed by atoms with E-state index >= 15 is 0 Å². The van der Waals surface area contributed by atoms with Crippen LogP contribution in [-0.2, 0) is 9.53 Å². The number of hydrogen-bond donors (Lipinski definition) is 0. The lowest BCUT2D eigenvalue weighted by atomic mass is 10.2. The van der Waals surface area contributed by atoms with E-state index in [1.807, 2.05) is 0 Å². The van der Waals surface area contributed by atoms with Crippen LogP contribution in [0, 0.1) is 0 Å². The van der Waals surface area contributed by atoms with Gasteiger partial charge in [-0.2, -0.15) is 5.10 Å². The molecule has 0 saturated heterocycles. The second kappa shape index (κ2) is 6.05. The molecule has 7 heteroatoms. The van der Waals surface area contributed by atoms with Gasteiger partial charge in [0.25, 0.3) is 0 Å². The third-order valence-electron chi connectivity index (χ3n) is 2.66. The first kappa shape index (κ1) is 13.9. The molecule has 2 heterocycles. The van der Waals surface area contributed by atoms with Gasteiger partial charge < -0.3 is 4.74 Å². The number of aromatic nitrogens is 4. The van der Waals surface area contributed by atoms with Crippen molar-refractivity contribution in [1.82, 2.24) is 19.7 Å². The normalized spacial score (nSPS) is 11.9. The van der Waals surface area contributed by atoms with Gasteiger partial charge in [0.2, 0.25) is 0 Å². The van der Waals surface area contributed by atoms with E-state index in [4.69, 9.17) is 4.74 Å². The second-order valence-corrected chi connectivity index (χ2v) is 4.08. The van der Waals surface area contributed by atoms with Crippen LogP contribution in [0.4, 0.5) is 0 Å². The van der Waals surface area contributed by atoms with E-state index in [9.17, 15) is 9.59 Å². The van der Waals surface area contributed by atoms with Gasteiger partial charge in [0.15, 0.2) is 23.4 Å². The fourth-order valence-corrected chi connectivity index (χ4v) is 1.54. The third kappa shape index (κ3) is 3.05. The molecule has 0 aliphatic rings. The summed E-state index contributed by atoms with van der Waals surface area (Å²) in [7, 11) is 0. The van der Waals surface area contributed by atoms with Crippen molar-refractivity contribution in [2.24, 2.45) is 0 Å². The number of ether oxygens (including phenoxy) is 1. The Kier molecular flexibility index (Phi) is 4.19. The summed E-state index contributed by atoms with van der Waals surface area (Å²) in [6.07, 6.45) is 5.57. The number of rotatable bonds is 5. The summed E-state index contributed by atoms with van der Waals surface area (Å²) >= 11 is 0. The van der Waals surface area contributed by atoms with Crippen molar-refractivity contribution in [2.45, 2.75) is 26.4 Å². The molecule has 0 aliphatic heterocycles. The van der Waals surface area contributed by atoms with E-state index in [1.54, 1.807) is 25.4 Å². The molecular weight excluding hydrogens is 260 g/mol. The summed E-state index contributed by atoms with van der Waals surface area (Å²) in [6, 6.07) is 1.73. The maximum absolute atomic E-state index is 11.9. The zero-order valence-electron chi connectivity index (χ0n) is 11.2. The molecule has 0 N–H and O–H groups in total. The first-order valence-electron chi connectivity index (χ1n) is 6.17. The van der Waals surface area contributed by atoms with Gasteiger partial charge in [0, 0.05) is 18.8 Å². The van der Waals surface area contributed by atoms with Crippen LogP contribution in [0.3, 0.4) is 0 Å². The average Bonchev–Trinajstić information content (AvgIpc) is 3.00. The first-order chi connectivity index (χ1) is 9.61. The highest BCUT2D eigenvalue weighted by molar-refractivity contribution is 5.91. The van der Waals surface area contributed by atoms with Gasteiger partial charge in [-0.05, 0) is 13.0 Å². The smallest absolute Gasteiger partial charge is 0.359 e. The monoisotopic (exact) mass is 274 g/mol. The molecule has 7 nitrogen and oxygen atoms in total. The van der Waals surface area contributed by atoms with Gasteiger partial charge in [0.05, 0.1) is 12.4 Å². The van der Waals surface area contributed by atoms with Gasteiger partial charge >= 0.3 is 5.97 Å². The Balaban J connectivity index is 2.15. The molecule has 1 unspecified atom stereocenters. The Morgan fingerprint density at radius 1 is 1.40 bits per heavy atom. The Hall–Kier alpha value is -2.57. The number of Topliss-reactive ketones (excluding diaryl/α,β-unsaturated/α-hetero) is 1. The lowest BCUT2D eigenvalue weighted by Crippen LogP contribution is -2.24. The number of carbonyl (C=O) groups excluding carboxylic acids is 2. The van der Waals surface area contributed by atoms with E-state index in [0.29, 0.717) is 12.2 Å². The highest BCUT2D eigenvalue weighted by Crippen LogP contribution is 2.06. The van der Waals surface area contributed by atoms with Crippen LogP contribution in [0.25, 0.3) is 5.82 Å². The van der Waals surface area contributed by atoms with Crippen LogP contribution in [0.1, 0.15) is 30.8 Å². The lowest BCUT2D eigenvalue weighted by molar-refractivity contribution is -0.126. The standard InChI is InChI=1S/C13H14N4O3/c1-3-11(18)9(2)20-13(19)10-7-14-8-12(16-10)17-6-4-5-15-17/h4-9H,3H2,1-2H3. The topological polar surface area (TPSA) is 87.0 Å². The molecule has 0 aromatic carbocycles. The molecule has 0 fully saturated rings. The fourth-order valence-electron chi connectivity index (χ4n) is 1.54. The van der Waals surface area contributed by atoms with E-state index in [1.165, 1.54) is 24.0 Å². The van der Waals surface area contributed by atoms with Gasteiger partial charge in [-0.3, -0.25) is 9.78 Å². The van der Waals surface area contributed by atoms with Crippen molar-refractivity contribution in [3.8, 4) is 5.82 Å². The minimum Gasteiger partial charge on any atom is -0.450 e. The molecule has 0 saturated carbocycles. The van der Waals surface area contributed by atoms with Crippen LogP contribution in [0.5, 0.6) is 0 Å². The van der Waals surface area contributed by atoms with Crippen molar-refractivity contribution in [3.63, 3.8) is 0 Å². The van der Waals surface area contributed by atoms with Crippen molar-refractivity contribution < 1.29 is 14.3 Å². The van der Waals surface area contributed by atoms with Gasteiger partial charge in [-0.15, -0.1) is 0 Å². The zero-order chi connectivity index (χ0) is 14.5. The Morgan fingerprint density at radius 2 is 2.20 bits per heavy atom. The Labute approximate surface area is 115 Å². The molecule has 2 aromatic heterocycles. The summed E-state index contributed by atoms with van der Waals surface area (Å²) in [5.41, 5.74) is 0.0359. The van der Waals surface area contributed by atoms with E-state index in [2.05, 4.69) is 15.1 Å². The third-order valence-corrected chi connectivity index (χ3v) is 2.66. The fraction of sp³-hybridized carbons (Fsp3) is 0.308. The first-order valence-corrected chi connectivity index (χ1v) is 6.17. The number of carbonyl (C=O) groups is 2. The average molecular weight is 274 g/mol. The van der Waals surface area contributed by atoms with Crippen LogP contribution >= 0.6 is 0 Å². The quantitative estimate of drug-likeness (QED) is 0.761. The Bertz CT molecular complexity index is 610. The number of ketones is 1. The molecule has 20 heavy (non-hydrogen) atoms. The zero-order valence-corrected chi connectivity index (χ0v) is 11.2. The highest BCUT2D eigenvalue weighted by Gasteiger charge is 2.19. The van der Waals surface area contributed by atoms with Crippen LogP contribution in [0.2, 0.25) is 0 Å². The highest BCUT2D eigenvalue weighted by atomic mass is 16.5. The van der Waals surface area contributed by atoms with Gasteiger partial charge in [0.1, 0.15) is 0 Å². The summed E-state index contributed by atoms with van der Waals surface area (Å²) in [5.74, 6) is -0.422. The molecule has 0 spiro atoms. The molecule has 2 aromatic rings. The summed E-state index contributed by atoms with van der Waals surface area (Å²) < 4.78 is 6.52. The van der Waals surface area contributed by atoms with Crippen molar-refractivity contribution in [1.29, 1.82) is 0 Å². The summed E-state index contributed by atoms with van der Waals surface area (Å²) in [5, 5.41) is 4.00. The number of nitrogens with zero attached hydrogens (tertiary/aromatic N) is 4. The Morgan fingerprint density at radius 3 is 2.85 bits per heavy atom. The number of esters is 1.